The van der Waals surface area contributed by atoms with Crippen LogP contribution in [0.5, 0.6) is 5.75 Å². The van der Waals surface area contributed by atoms with Gasteiger partial charge >= 0.3 is 0 Å². The van der Waals surface area contributed by atoms with Crippen LogP contribution in [0.25, 0.3) is 10.9 Å². The number of aromatic nitrogens is 1. The minimum Gasteiger partial charge on any atom is -0.494 e. The van der Waals surface area contributed by atoms with Gasteiger partial charge in [0.2, 0.25) is 0 Å². The normalized spacial score (nSPS) is 15.7. The number of benzene rings is 3. The molecule has 1 aliphatic rings. The van der Waals surface area contributed by atoms with E-state index in [1.165, 1.54) is 10.9 Å². The van der Waals surface area contributed by atoms with E-state index in [-0.39, 0.29) is 11.9 Å². The summed E-state index contributed by atoms with van der Waals surface area (Å²) in [5.74, 6) is 0.775. The Bertz CT molecular complexity index is 1260. The second-order valence-electron chi connectivity index (χ2n) is 7.73. The monoisotopic (exact) mass is 430 g/mol. The molecule has 0 unspecified atom stereocenters. The molecule has 1 aromatic heterocycles. The minimum absolute atomic E-state index is 0.0291. The first-order valence-corrected chi connectivity index (χ1v) is 10.9. The van der Waals surface area contributed by atoms with Crippen LogP contribution in [0, 0.1) is 0 Å². The molecule has 0 radical (unpaired) electrons. The third-order valence-corrected chi connectivity index (χ3v) is 6.09. The Morgan fingerprint density at radius 2 is 1.94 bits per heavy atom. The van der Waals surface area contributed by atoms with Crippen LogP contribution in [0.1, 0.15) is 40.1 Å². The number of aromatic amines is 1. The summed E-state index contributed by atoms with van der Waals surface area (Å²) < 4.78 is 5.75. The van der Waals surface area contributed by atoms with Gasteiger partial charge in [-0.15, -0.1) is 0 Å². The van der Waals surface area contributed by atoms with E-state index in [2.05, 4.69) is 29.2 Å². The summed E-state index contributed by atoms with van der Waals surface area (Å²) >= 11 is 6.18. The standard InChI is InChI=1S/C26H23ClN2O2/c1-2-31-20-10-6-7-17(16-20)25-24-22(21-11-3-4-12-23(21)28-24)13-14-29(25)26(30)18-8-5-9-19(27)15-18/h3-12,15-16,25,28H,2,13-14H2,1H3/t25-/m1/s1. The summed E-state index contributed by atoms with van der Waals surface area (Å²) in [6.07, 6.45) is 0.799. The summed E-state index contributed by atoms with van der Waals surface area (Å²) in [5.41, 5.74) is 5.05. The third kappa shape index (κ3) is 3.57. The van der Waals surface area contributed by atoms with Gasteiger partial charge in [0.15, 0.2) is 0 Å². The SMILES string of the molecule is CCOc1cccc([C@@H]2c3[nH]c4ccccc4c3CCN2C(=O)c2cccc(Cl)c2)c1. The number of halogens is 1. The molecule has 156 valence electrons. The summed E-state index contributed by atoms with van der Waals surface area (Å²) in [6.45, 7) is 3.19. The first-order valence-electron chi connectivity index (χ1n) is 10.5. The highest BCUT2D eigenvalue weighted by Crippen LogP contribution is 2.40. The molecular formula is C26H23ClN2O2. The average Bonchev–Trinajstić information content (AvgIpc) is 3.17. The number of amides is 1. The second-order valence-corrected chi connectivity index (χ2v) is 8.17. The number of carbonyl (C=O) groups excluding carboxylic acids is 1. The van der Waals surface area contributed by atoms with E-state index in [0.717, 1.165) is 28.9 Å². The van der Waals surface area contributed by atoms with Crippen LogP contribution in [-0.2, 0) is 6.42 Å². The lowest BCUT2D eigenvalue weighted by Gasteiger charge is -2.36. The van der Waals surface area contributed by atoms with Gasteiger partial charge in [0.25, 0.3) is 5.91 Å². The van der Waals surface area contributed by atoms with Crippen LogP contribution in [0.3, 0.4) is 0 Å². The molecule has 0 spiro atoms. The number of hydrogen-bond acceptors (Lipinski definition) is 2. The highest BCUT2D eigenvalue weighted by molar-refractivity contribution is 6.31. The lowest BCUT2D eigenvalue weighted by Crippen LogP contribution is -2.40. The van der Waals surface area contributed by atoms with Gasteiger partial charge in [-0.2, -0.15) is 0 Å². The molecule has 4 nitrogen and oxygen atoms in total. The van der Waals surface area contributed by atoms with Crippen molar-refractivity contribution >= 4 is 28.4 Å². The fourth-order valence-corrected chi connectivity index (χ4v) is 4.72. The number of nitrogens with one attached hydrogen (secondary N) is 1. The topological polar surface area (TPSA) is 45.3 Å². The van der Waals surface area contributed by atoms with Crippen molar-refractivity contribution in [1.29, 1.82) is 0 Å². The lowest BCUT2D eigenvalue weighted by atomic mass is 9.91. The van der Waals surface area contributed by atoms with Crippen molar-refractivity contribution in [2.24, 2.45) is 0 Å². The maximum absolute atomic E-state index is 13.6. The molecule has 2 heterocycles. The van der Waals surface area contributed by atoms with Crippen molar-refractivity contribution in [1.82, 2.24) is 9.88 Å². The number of ether oxygens (including phenoxy) is 1. The Morgan fingerprint density at radius 1 is 1.10 bits per heavy atom. The second kappa shape index (κ2) is 8.12. The molecule has 1 aliphatic heterocycles. The maximum Gasteiger partial charge on any atom is 0.254 e. The van der Waals surface area contributed by atoms with Crippen molar-refractivity contribution in [3.05, 3.63) is 100 Å². The molecule has 0 saturated carbocycles. The molecule has 4 aromatic rings. The quantitative estimate of drug-likeness (QED) is 0.431. The molecule has 0 aliphatic carbocycles. The average molecular weight is 431 g/mol. The summed E-state index contributed by atoms with van der Waals surface area (Å²) in [6, 6.07) is 23.3. The number of para-hydroxylation sites is 1. The molecule has 3 aromatic carbocycles. The summed E-state index contributed by atoms with van der Waals surface area (Å²) in [4.78, 5) is 19.1. The van der Waals surface area contributed by atoms with Crippen molar-refractivity contribution in [2.75, 3.05) is 13.2 Å². The molecule has 1 amide bonds. The third-order valence-electron chi connectivity index (χ3n) is 5.85. The minimum atomic E-state index is -0.233. The first-order chi connectivity index (χ1) is 15.2. The zero-order valence-electron chi connectivity index (χ0n) is 17.3. The van der Waals surface area contributed by atoms with Crippen LogP contribution in [0.2, 0.25) is 5.02 Å². The Hall–Kier alpha value is -3.24. The fourth-order valence-electron chi connectivity index (χ4n) is 4.53. The molecule has 1 atom stereocenters. The number of H-pyrrole nitrogens is 1. The van der Waals surface area contributed by atoms with Gasteiger partial charge in [0.05, 0.1) is 12.6 Å². The van der Waals surface area contributed by atoms with Gasteiger partial charge < -0.3 is 14.6 Å². The molecular weight excluding hydrogens is 408 g/mol. The predicted octanol–water partition coefficient (Wildman–Crippen LogP) is 6.01. The Labute approximate surface area is 186 Å². The van der Waals surface area contributed by atoms with E-state index in [4.69, 9.17) is 16.3 Å². The van der Waals surface area contributed by atoms with Crippen LogP contribution in [-0.4, -0.2) is 28.9 Å². The molecule has 0 bridgehead atoms. The largest absolute Gasteiger partial charge is 0.494 e. The van der Waals surface area contributed by atoms with E-state index in [0.29, 0.717) is 23.7 Å². The summed E-state index contributed by atoms with van der Waals surface area (Å²) in [7, 11) is 0. The molecule has 5 rings (SSSR count). The number of nitrogens with zero attached hydrogens (tertiary/aromatic N) is 1. The van der Waals surface area contributed by atoms with Crippen molar-refractivity contribution in [3.8, 4) is 5.75 Å². The van der Waals surface area contributed by atoms with Gasteiger partial charge in [0.1, 0.15) is 5.75 Å². The van der Waals surface area contributed by atoms with E-state index in [1.807, 2.05) is 48.2 Å². The molecule has 0 saturated heterocycles. The van der Waals surface area contributed by atoms with Gasteiger partial charge in [-0.25, -0.2) is 0 Å². The smallest absolute Gasteiger partial charge is 0.254 e. The Kier molecular flexibility index (Phi) is 5.16. The molecule has 5 heteroatoms. The summed E-state index contributed by atoms with van der Waals surface area (Å²) in [5, 5.41) is 1.78. The fraction of sp³-hybridized carbons (Fsp3) is 0.192. The van der Waals surface area contributed by atoms with E-state index >= 15 is 0 Å². The van der Waals surface area contributed by atoms with Gasteiger partial charge in [-0.05, 0) is 60.9 Å². The predicted molar refractivity (Wildman–Crippen MR) is 124 cm³/mol. The number of fused-ring (bicyclic) bond motifs is 3. The number of hydrogen-bond donors (Lipinski definition) is 1. The van der Waals surface area contributed by atoms with E-state index < -0.39 is 0 Å². The Balaban J connectivity index is 1.66. The molecule has 31 heavy (non-hydrogen) atoms. The van der Waals surface area contributed by atoms with Crippen molar-refractivity contribution in [3.63, 3.8) is 0 Å². The molecule has 0 fully saturated rings. The number of rotatable bonds is 4. The van der Waals surface area contributed by atoms with Gasteiger partial charge in [0, 0.05) is 33.7 Å². The van der Waals surface area contributed by atoms with Crippen LogP contribution in [0.15, 0.2) is 72.8 Å². The van der Waals surface area contributed by atoms with Crippen LogP contribution < -0.4 is 4.74 Å². The zero-order chi connectivity index (χ0) is 21.4. The number of carbonyl (C=O) groups is 1. The van der Waals surface area contributed by atoms with Crippen molar-refractivity contribution in [2.45, 2.75) is 19.4 Å². The molecule has 1 N–H and O–H groups in total. The van der Waals surface area contributed by atoms with Gasteiger partial charge in [-0.1, -0.05) is 48.0 Å². The van der Waals surface area contributed by atoms with Gasteiger partial charge in [-0.3, -0.25) is 4.79 Å². The zero-order valence-corrected chi connectivity index (χ0v) is 18.0. The lowest BCUT2D eigenvalue weighted by molar-refractivity contribution is 0.0691. The van der Waals surface area contributed by atoms with E-state index in [1.54, 1.807) is 12.1 Å². The van der Waals surface area contributed by atoms with E-state index in [9.17, 15) is 4.79 Å². The highest BCUT2D eigenvalue weighted by atomic mass is 35.5. The van der Waals surface area contributed by atoms with Crippen LogP contribution >= 0.6 is 11.6 Å². The first kappa shape index (κ1) is 19.7. The maximum atomic E-state index is 13.6. The Morgan fingerprint density at radius 3 is 2.77 bits per heavy atom. The van der Waals surface area contributed by atoms with Crippen molar-refractivity contribution < 1.29 is 9.53 Å². The van der Waals surface area contributed by atoms with Crippen LogP contribution in [0.4, 0.5) is 0 Å². The highest BCUT2D eigenvalue weighted by Gasteiger charge is 2.35.